The van der Waals surface area contributed by atoms with Gasteiger partial charge in [-0.25, -0.2) is 0 Å². The largest absolute Gasteiger partial charge is 0.316 e. The van der Waals surface area contributed by atoms with E-state index in [0.717, 1.165) is 12.0 Å². The Bertz CT molecular complexity index is 132. The topological polar surface area (TPSA) is 15.3 Å². The summed E-state index contributed by atoms with van der Waals surface area (Å²) in [6.07, 6.45) is 2.65. The van der Waals surface area contributed by atoms with Gasteiger partial charge in [0.25, 0.3) is 0 Å². The normalized spacial score (nSPS) is 20.3. The van der Waals surface area contributed by atoms with Crippen LogP contribution in [0.4, 0.5) is 0 Å². The summed E-state index contributed by atoms with van der Waals surface area (Å²) < 4.78 is 0. The predicted octanol–water partition coefficient (Wildman–Crippen LogP) is 1.72. The maximum absolute atomic E-state index is 3.33. The highest BCUT2D eigenvalue weighted by Gasteiger charge is 2.18. The molecule has 1 aliphatic rings. The van der Waals surface area contributed by atoms with Crippen LogP contribution < -0.4 is 5.32 Å². The molecule has 13 heavy (non-hydrogen) atoms. The van der Waals surface area contributed by atoms with Crippen molar-refractivity contribution in [2.45, 2.75) is 39.7 Å². The monoisotopic (exact) mass is 184 g/mol. The lowest BCUT2D eigenvalue weighted by atomic mass is 9.99. The Labute approximate surface area is 82.7 Å². The van der Waals surface area contributed by atoms with Gasteiger partial charge < -0.3 is 10.2 Å². The van der Waals surface area contributed by atoms with Gasteiger partial charge in [0.1, 0.15) is 0 Å². The standard InChI is InChI=1S/C11H24N2/c1-4-10(3)13(5-2)7-6-11-8-12-9-11/h10-12H,4-9H2,1-3H3. The molecule has 78 valence electrons. The van der Waals surface area contributed by atoms with Crippen LogP contribution in [0.25, 0.3) is 0 Å². The SMILES string of the molecule is CCC(C)N(CC)CCC1CNC1. The zero-order chi connectivity index (χ0) is 9.68. The lowest BCUT2D eigenvalue weighted by molar-refractivity contribution is 0.185. The third-order valence-corrected chi connectivity index (χ3v) is 3.31. The van der Waals surface area contributed by atoms with Crippen molar-refractivity contribution < 1.29 is 0 Å². The zero-order valence-corrected chi connectivity index (χ0v) is 9.34. The summed E-state index contributed by atoms with van der Waals surface area (Å²) in [5.41, 5.74) is 0. The quantitative estimate of drug-likeness (QED) is 0.676. The third-order valence-electron chi connectivity index (χ3n) is 3.31. The van der Waals surface area contributed by atoms with Gasteiger partial charge in [0.05, 0.1) is 0 Å². The van der Waals surface area contributed by atoms with Crippen LogP contribution in [0.5, 0.6) is 0 Å². The van der Waals surface area contributed by atoms with Gasteiger partial charge >= 0.3 is 0 Å². The Balaban J connectivity index is 2.14. The van der Waals surface area contributed by atoms with Crippen molar-refractivity contribution in [3.8, 4) is 0 Å². The fourth-order valence-electron chi connectivity index (χ4n) is 1.85. The van der Waals surface area contributed by atoms with Crippen LogP contribution in [-0.4, -0.2) is 37.1 Å². The highest BCUT2D eigenvalue weighted by Crippen LogP contribution is 2.11. The van der Waals surface area contributed by atoms with Crippen LogP contribution in [0, 0.1) is 5.92 Å². The first-order valence-corrected chi connectivity index (χ1v) is 5.72. The molecule has 0 aliphatic carbocycles. The summed E-state index contributed by atoms with van der Waals surface area (Å²) in [4.78, 5) is 2.60. The highest BCUT2D eigenvalue weighted by molar-refractivity contribution is 4.76. The molecule has 1 saturated heterocycles. The average Bonchev–Trinajstić information content (AvgIpc) is 2.08. The first kappa shape index (κ1) is 11.0. The Kier molecular flexibility index (Phi) is 4.74. The van der Waals surface area contributed by atoms with E-state index in [2.05, 4.69) is 31.0 Å². The minimum absolute atomic E-state index is 0.762. The number of hydrogen-bond donors (Lipinski definition) is 1. The molecule has 2 nitrogen and oxygen atoms in total. The molecule has 0 bridgehead atoms. The van der Waals surface area contributed by atoms with Crippen LogP contribution in [0.2, 0.25) is 0 Å². The number of rotatable bonds is 6. The molecule has 0 spiro atoms. The molecule has 1 atom stereocenters. The summed E-state index contributed by atoms with van der Waals surface area (Å²) in [7, 11) is 0. The van der Waals surface area contributed by atoms with E-state index in [1.807, 2.05) is 0 Å². The van der Waals surface area contributed by atoms with E-state index >= 15 is 0 Å². The van der Waals surface area contributed by atoms with Crippen molar-refractivity contribution in [1.29, 1.82) is 0 Å². The maximum Gasteiger partial charge on any atom is 0.00641 e. The van der Waals surface area contributed by atoms with Crippen molar-refractivity contribution in [3.63, 3.8) is 0 Å². The van der Waals surface area contributed by atoms with Crippen molar-refractivity contribution >= 4 is 0 Å². The summed E-state index contributed by atoms with van der Waals surface area (Å²) in [6.45, 7) is 11.9. The molecule has 0 saturated carbocycles. The van der Waals surface area contributed by atoms with Crippen LogP contribution in [0.15, 0.2) is 0 Å². The Hall–Kier alpha value is -0.0800. The highest BCUT2D eigenvalue weighted by atomic mass is 15.1. The number of nitrogens with zero attached hydrogens (tertiary/aromatic N) is 1. The Morgan fingerprint density at radius 2 is 2.08 bits per heavy atom. The molecular formula is C11H24N2. The zero-order valence-electron chi connectivity index (χ0n) is 9.34. The van der Waals surface area contributed by atoms with Crippen LogP contribution in [0.3, 0.4) is 0 Å². The van der Waals surface area contributed by atoms with E-state index in [1.54, 1.807) is 0 Å². The first-order valence-electron chi connectivity index (χ1n) is 5.72. The van der Waals surface area contributed by atoms with E-state index < -0.39 is 0 Å². The fourth-order valence-corrected chi connectivity index (χ4v) is 1.85. The lowest BCUT2D eigenvalue weighted by Gasteiger charge is -2.32. The van der Waals surface area contributed by atoms with Crippen molar-refractivity contribution in [1.82, 2.24) is 10.2 Å². The molecule has 1 unspecified atom stereocenters. The Morgan fingerprint density at radius 1 is 1.38 bits per heavy atom. The first-order chi connectivity index (χ1) is 6.27. The fraction of sp³-hybridized carbons (Fsp3) is 1.00. The molecule has 1 aliphatic heterocycles. The molecule has 1 N–H and O–H groups in total. The second-order valence-corrected chi connectivity index (χ2v) is 4.20. The lowest BCUT2D eigenvalue weighted by Crippen LogP contribution is -2.44. The summed E-state index contributed by atoms with van der Waals surface area (Å²) in [5.74, 6) is 0.957. The molecule has 0 aromatic rings. The van der Waals surface area contributed by atoms with Gasteiger partial charge in [0, 0.05) is 6.04 Å². The molecule has 0 amide bonds. The second-order valence-electron chi connectivity index (χ2n) is 4.20. The van der Waals surface area contributed by atoms with Crippen LogP contribution in [0.1, 0.15) is 33.6 Å². The smallest absolute Gasteiger partial charge is 0.00641 e. The van der Waals surface area contributed by atoms with Crippen molar-refractivity contribution in [2.24, 2.45) is 5.92 Å². The van der Waals surface area contributed by atoms with E-state index in [4.69, 9.17) is 0 Å². The molecule has 1 fully saturated rings. The van der Waals surface area contributed by atoms with Gasteiger partial charge in [-0.1, -0.05) is 13.8 Å². The molecule has 2 heteroatoms. The maximum atomic E-state index is 3.33. The van der Waals surface area contributed by atoms with E-state index in [0.29, 0.717) is 0 Å². The van der Waals surface area contributed by atoms with Gasteiger partial charge in [-0.15, -0.1) is 0 Å². The minimum atomic E-state index is 0.762. The summed E-state index contributed by atoms with van der Waals surface area (Å²) in [5, 5.41) is 3.33. The predicted molar refractivity (Wildman–Crippen MR) is 58.0 cm³/mol. The Morgan fingerprint density at radius 3 is 2.46 bits per heavy atom. The van der Waals surface area contributed by atoms with Gasteiger partial charge in [0.15, 0.2) is 0 Å². The van der Waals surface area contributed by atoms with Crippen LogP contribution in [-0.2, 0) is 0 Å². The number of hydrogen-bond acceptors (Lipinski definition) is 2. The van der Waals surface area contributed by atoms with Gasteiger partial charge in [-0.3, -0.25) is 0 Å². The third kappa shape index (κ3) is 3.28. The second kappa shape index (κ2) is 5.61. The van der Waals surface area contributed by atoms with Gasteiger partial charge in [-0.05, 0) is 51.9 Å². The molecule has 1 heterocycles. The molecular weight excluding hydrogens is 160 g/mol. The van der Waals surface area contributed by atoms with E-state index in [9.17, 15) is 0 Å². The minimum Gasteiger partial charge on any atom is -0.316 e. The molecule has 0 aromatic heterocycles. The summed E-state index contributed by atoms with van der Waals surface area (Å²) >= 11 is 0. The molecule has 1 rings (SSSR count). The average molecular weight is 184 g/mol. The van der Waals surface area contributed by atoms with E-state index in [-0.39, 0.29) is 0 Å². The molecule has 0 radical (unpaired) electrons. The van der Waals surface area contributed by atoms with Gasteiger partial charge in [-0.2, -0.15) is 0 Å². The van der Waals surface area contributed by atoms with Crippen molar-refractivity contribution in [2.75, 3.05) is 26.2 Å². The molecule has 0 aromatic carbocycles. The van der Waals surface area contributed by atoms with Crippen LogP contribution >= 0.6 is 0 Å². The van der Waals surface area contributed by atoms with Gasteiger partial charge in [0.2, 0.25) is 0 Å². The number of nitrogens with one attached hydrogen (secondary N) is 1. The van der Waals surface area contributed by atoms with E-state index in [1.165, 1.54) is 39.0 Å². The summed E-state index contributed by atoms with van der Waals surface area (Å²) in [6, 6.07) is 0.762. The van der Waals surface area contributed by atoms with Crippen molar-refractivity contribution in [3.05, 3.63) is 0 Å².